The number of hydrogen-bond donors (Lipinski definition) is 2. The molecule has 2 amide bonds. The second-order valence-corrected chi connectivity index (χ2v) is 4.04. The van der Waals surface area contributed by atoms with Crippen LogP contribution in [0.2, 0.25) is 0 Å². The second-order valence-electron chi connectivity index (χ2n) is 4.04. The van der Waals surface area contributed by atoms with Crippen molar-refractivity contribution in [2.24, 2.45) is 5.73 Å². The Morgan fingerprint density at radius 3 is 2.22 bits per heavy atom. The number of nitrogens with zero attached hydrogens (tertiary/aromatic N) is 1. The average molecular weight is 329 g/mol. The number of rotatable bonds is 10. The van der Waals surface area contributed by atoms with Gasteiger partial charge in [-0.15, -0.1) is 0 Å². The molecule has 0 aromatic heterocycles. The molecule has 0 aromatic carbocycles. The average Bonchev–Trinajstić information content (AvgIpc) is 2.60. The van der Waals surface area contributed by atoms with Crippen molar-refractivity contribution in [3.63, 3.8) is 0 Å². The maximum absolute atomic E-state index is 11.4. The van der Waals surface area contributed by atoms with Gasteiger partial charge in [-0.2, -0.15) is 0 Å². The third-order valence-corrected chi connectivity index (χ3v) is 2.47. The highest BCUT2D eigenvalue weighted by atomic mass is 16.2. The quantitative estimate of drug-likeness (QED) is 0.348. The van der Waals surface area contributed by atoms with Crippen molar-refractivity contribution in [1.29, 1.82) is 0 Å². The number of carbonyl (C=O) groups excluding carboxylic acids is 4. The molecule has 0 atom stereocenters. The van der Waals surface area contributed by atoms with Gasteiger partial charge in [-0.05, 0) is 26.0 Å². The molecule has 23 heavy (non-hydrogen) atoms. The van der Waals surface area contributed by atoms with Crippen molar-refractivity contribution >= 4 is 24.4 Å². The maximum atomic E-state index is 11.4. The monoisotopic (exact) mass is 329 g/mol. The van der Waals surface area contributed by atoms with Gasteiger partial charge in [0.1, 0.15) is 12.6 Å². The van der Waals surface area contributed by atoms with Crippen molar-refractivity contribution < 1.29 is 19.2 Å². The minimum Gasteiger partial charge on any atom is -0.349 e. The summed E-state index contributed by atoms with van der Waals surface area (Å²) in [5.41, 5.74) is 4.50. The molecular weight excluding hydrogens is 298 g/mol. The van der Waals surface area contributed by atoms with Gasteiger partial charge in [0.05, 0.1) is 6.54 Å². The first-order valence-electron chi connectivity index (χ1n) is 7.76. The summed E-state index contributed by atoms with van der Waals surface area (Å²) in [7, 11) is 3.16. The fourth-order valence-corrected chi connectivity index (χ4v) is 1.41. The van der Waals surface area contributed by atoms with Gasteiger partial charge in [0.15, 0.2) is 0 Å². The number of amides is 2. The SMILES string of the molecule is CC.CN.CN(CCCCCC(=O)NCC=O)C(=O)/C=C\C=O. The Morgan fingerprint density at radius 1 is 1.09 bits per heavy atom. The lowest BCUT2D eigenvalue weighted by Crippen LogP contribution is -2.26. The molecular formula is C16H31N3O4. The van der Waals surface area contributed by atoms with Crippen LogP contribution in [0, 0.1) is 0 Å². The molecule has 0 bridgehead atoms. The van der Waals surface area contributed by atoms with Gasteiger partial charge in [0.2, 0.25) is 11.8 Å². The summed E-state index contributed by atoms with van der Waals surface area (Å²) in [6.07, 6.45) is 6.31. The number of unbranched alkanes of at least 4 members (excludes halogenated alkanes) is 2. The molecule has 7 nitrogen and oxygen atoms in total. The lowest BCUT2D eigenvalue weighted by Gasteiger charge is -2.14. The van der Waals surface area contributed by atoms with Crippen molar-refractivity contribution in [3.05, 3.63) is 12.2 Å². The van der Waals surface area contributed by atoms with Crippen molar-refractivity contribution in [2.45, 2.75) is 39.5 Å². The first-order valence-corrected chi connectivity index (χ1v) is 7.76. The highest BCUT2D eigenvalue weighted by Gasteiger charge is 2.04. The summed E-state index contributed by atoms with van der Waals surface area (Å²) in [4.78, 5) is 44.1. The van der Waals surface area contributed by atoms with E-state index in [4.69, 9.17) is 0 Å². The van der Waals surface area contributed by atoms with Crippen molar-refractivity contribution in [3.8, 4) is 0 Å². The molecule has 3 N–H and O–H groups in total. The molecule has 7 heteroatoms. The van der Waals surface area contributed by atoms with E-state index >= 15 is 0 Å². The van der Waals surface area contributed by atoms with Crippen LogP contribution in [-0.4, -0.2) is 56.5 Å². The summed E-state index contributed by atoms with van der Waals surface area (Å²) in [5.74, 6) is -0.346. The highest BCUT2D eigenvalue weighted by Crippen LogP contribution is 2.01. The number of nitrogens with one attached hydrogen (secondary N) is 1. The smallest absolute Gasteiger partial charge is 0.246 e. The summed E-state index contributed by atoms with van der Waals surface area (Å²) in [5, 5.41) is 2.46. The highest BCUT2D eigenvalue weighted by molar-refractivity contribution is 5.90. The van der Waals surface area contributed by atoms with E-state index in [1.807, 2.05) is 13.8 Å². The van der Waals surface area contributed by atoms with Crippen molar-refractivity contribution in [1.82, 2.24) is 10.2 Å². The van der Waals surface area contributed by atoms with Gasteiger partial charge >= 0.3 is 0 Å². The first kappa shape index (κ1) is 25.9. The van der Waals surface area contributed by atoms with Crippen LogP contribution in [0.1, 0.15) is 39.5 Å². The number of likely N-dealkylation sites (N-methyl/N-ethyl adjacent to an activating group) is 1. The molecule has 134 valence electrons. The first-order chi connectivity index (χ1) is 11.1. The molecule has 0 radical (unpaired) electrons. The zero-order chi connectivity index (χ0) is 18.5. The van der Waals surface area contributed by atoms with Gasteiger partial charge in [0, 0.05) is 26.1 Å². The van der Waals surface area contributed by atoms with E-state index in [9.17, 15) is 19.2 Å². The van der Waals surface area contributed by atoms with E-state index in [2.05, 4.69) is 11.1 Å². The van der Waals surface area contributed by atoms with Crippen LogP contribution in [0.5, 0.6) is 0 Å². The predicted octanol–water partition coefficient (Wildman–Crippen LogP) is 0.677. The number of aldehydes is 2. The predicted molar refractivity (Wildman–Crippen MR) is 91.8 cm³/mol. The van der Waals surface area contributed by atoms with Crippen LogP contribution in [0.3, 0.4) is 0 Å². The van der Waals surface area contributed by atoms with Crippen LogP contribution in [0.4, 0.5) is 0 Å². The molecule has 0 aliphatic rings. The molecule has 0 fully saturated rings. The molecule has 0 saturated heterocycles. The van der Waals surface area contributed by atoms with Gasteiger partial charge < -0.3 is 20.7 Å². The molecule has 0 saturated carbocycles. The summed E-state index contributed by atoms with van der Waals surface area (Å²) in [6, 6.07) is 0. The fraction of sp³-hybridized carbons (Fsp3) is 0.625. The third-order valence-electron chi connectivity index (χ3n) is 2.47. The Balaban J connectivity index is -0.000000919. The minimum absolute atomic E-state index is 0.0547. The molecule has 0 unspecified atom stereocenters. The number of allylic oxidation sites excluding steroid dienone is 1. The van der Waals surface area contributed by atoms with Gasteiger partial charge in [0.25, 0.3) is 0 Å². The van der Waals surface area contributed by atoms with E-state index < -0.39 is 0 Å². The Bertz CT molecular complexity index is 344. The number of carbonyl (C=O) groups is 4. The van der Waals surface area contributed by atoms with E-state index in [1.54, 1.807) is 7.05 Å². The van der Waals surface area contributed by atoms with Crippen LogP contribution < -0.4 is 11.1 Å². The molecule has 0 spiro atoms. The number of hydrogen-bond acceptors (Lipinski definition) is 5. The van der Waals surface area contributed by atoms with E-state index in [-0.39, 0.29) is 18.4 Å². The zero-order valence-electron chi connectivity index (χ0n) is 14.7. The third kappa shape index (κ3) is 20.0. The lowest BCUT2D eigenvalue weighted by atomic mass is 10.2. The normalized spacial score (nSPS) is 8.91. The maximum Gasteiger partial charge on any atom is 0.246 e. The molecule has 0 aromatic rings. The van der Waals surface area contributed by atoms with Gasteiger partial charge in [-0.3, -0.25) is 14.4 Å². The Hall–Kier alpha value is -2.02. The van der Waals surface area contributed by atoms with Crippen LogP contribution in [0.25, 0.3) is 0 Å². The standard InChI is InChI=1S/C13H20N2O4.C2H6.CH5N/c1-15(13(19)7-5-10-16)9-4-2-3-6-12(18)14-8-11-17;2*1-2/h5,7,10-11H,2-4,6,8-9H2,1H3,(H,14,18);1-2H3;2H2,1H3/b7-5-;;. The lowest BCUT2D eigenvalue weighted by molar-refractivity contribution is -0.125. The Labute approximate surface area is 139 Å². The fourth-order valence-electron chi connectivity index (χ4n) is 1.41. The molecule has 0 aliphatic carbocycles. The zero-order valence-corrected chi connectivity index (χ0v) is 14.7. The summed E-state index contributed by atoms with van der Waals surface area (Å²) < 4.78 is 0. The summed E-state index contributed by atoms with van der Waals surface area (Å²) in [6.45, 7) is 4.64. The Morgan fingerprint density at radius 2 is 1.70 bits per heavy atom. The van der Waals surface area contributed by atoms with E-state index in [0.29, 0.717) is 25.5 Å². The van der Waals surface area contributed by atoms with Gasteiger partial charge in [-0.25, -0.2) is 0 Å². The van der Waals surface area contributed by atoms with Gasteiger partial charge in [-0.1, -0.05) is 20.3 Å². The topological polar surface area (TPSA) is 110 Å². The van der Waals surface area contributed by atoms with E-state index in [1.165, 1.54) is 18.0 Å². The molecule has 0 aliphatic heterocycles. The number of nitrogens with two attached hydrogens (primary N) is 1. The summed E-state index contributed by atoms with van der Waals surface area (Å²) >= 11 is 0. The van der Waals surface area contributed by atoms with E-state index in [0.717, 1.165) is 25.3 Å². The van der Waals surface area contributed by atoms with Crippen molar-refractivity contribution in [2.75, 3.05) is 27.2 Å². The largest absolute Gasteiger partial charge is 0.349 e. The minimum atomic E-state index is -0.212. The van der Waals surface area contributed by atoms with Crippen LogP contribution >= 0.6 is 0 Å². The second kappa shape index (κ2) is 22.3. The van der Waals surface area contributed by atoms with Crippen LogP contribution in [-0.2, 0) is 19.2 Å². The Kier molecular flexibility index (Phi) is 25.1. The van der Waals surface area contributed by atoms with Crippen LogP contribution in [0.15, 0.2) is 12.2 Å². The molecule has 0 rings (SSSR count). The molecule has 0 heterocycles.